The van der Waals surface area contributed by atoms with Gasteiger partial charge in [-0.3, -0.25) is 0 Å². The minimum absolute atomic E-state index is 0.196. The van der Waals surface area contributed by atoms with Crippen LogP contribution in [0.5, 0.6) is 5.88 Å². The first-order chi connectivity index (χ1) is 18.6. The van der Waals surface area contributed by atoms with Gasteiger partial charge in [0.1, 0.15) is 5.69 Å². The Hall–Kier alpha value is -3.18. The fourth-order valence-corrected chi connectivity index (χ4v) is 6.10. The molecule has 0 fully saturated rings. The molecule has 0 N–H and O–H groups in total. The number of hydrogen-bond acceptors (Lipinski definition) is 5. The molecule has 198 valence electrons. The molecular weight excluding hydrogens is 486 g/mol. The van der Waals surface area contributed by atoms with Gasteiger partial charge in [-0.1, -0.05) is 74.4 Å². The molecule has 4 nitrogen and oxygen atoms in total. The highest BCUT2D eigenvalue weighted by Crippen LogP contribution is 2.38. The summed E-state index contributed by atoms with van der Waals surface area (Å²) in [6.45, 7) is 5.18. The second kappa shape index (κ2) is 12.6. The van der Waals surface area contributed by atoms with Crippen LogP contribution in [0, 0.1) is 0 Å². The molecule has 3 aromatic rings. The summed E-state index contributed by atoms with van der Waals surface area (Å²) in [4.78, 5) is 2.13. The first-order valence-electron chi connectivity index (χ1n) is 14.1. The van der Waals surface area contributed by atoms with Crippen LogP contribution in [-0.2, 0) is 19.3 Å². The van der Waals surface area contributed by atoms with Crippen LogP contribution < -0.4 is 4.74 Å². The van der Waals surface area contributed by atoms with Crippen molar-refractivity contribution >= 4 is 23.4 Å². The van der Waals surface area contributed by atoms with E-state index < -0.39 is 0 Å². The van der Waals surface area contributed by atoms with Gasteiger partial charge in [0, 0.05) is 19.2 Å². The Morgan fingerprint density at radius 3 is 2.76 bits per heavy atom. The number of fused-ring (bicyclic) bond motifs is 5. The molecule has 1 aliphatic heterocycles. The Kier molecular flexibility index (Phi) is 8.75. The molecule has 0 amide bonds. The highest BCUT2D eigenvalue weighted by molar-refractivity contribution is 6.99. The molecule has 2 heterocycles. The van der Waals surface area contributed by atoms with E-state index in [0.717, 1.165) is 18.7 Å². The number of hydrogen-bond donors (Lipinski definition) is 0. The summed E-state index contributed by atoms with van der Waals surface area (Å²) in [6, 6.07) is 13.5. The van der Waals surface area contributed by atoms with Crippen molar-refractivity contribution in [3.8, 4) is 17.0 Å². The van der Waals surface area contributed by atoms with Crippen molar-refractivity contribution in [3.05, 3.63) is 88.8 Å². The number of ether oxygens (including phenoxy) is 1. The highest BCUT2D eigenvalue weighted by atomic mass is 32.1. The topological polar surface area (TPSA) is 38.3 Å². The maximum Gasteiger partial charge on any atom is 0.253 e. The van der Waals surface area contributed by atoms with E-state index in [9.17, 15) is 0 Å². The molecule has 38 heavy (non-hydrogen) atoms. The van der Waals surface area contributed by atoms with Gasteiger partial charge in [-0.2, -0.15) is 4.37 Å². The van der Waals surface area contributed by atoms with E-state index in [1.807, 2.05) is 6.08 Å². The smallest absolute Gasteiger partial charge is 0.253 e. The number of likely N-dealkylation sites (N-methyl/N-ethyl adjacent to an activating group) is 1. The molecule has 1 aromatic heterocycles. The molecule has 5 heteroatoms. The minimum Gasteiger partial charge on any atom is -0.472 e. The average molecular weight is 526 g/mol. The van der Waals surface area contributed by atoms with E-state index in [-0.39, 0.29) is 6.10 Å². The summed E-state index contributed by atoms with van der Waals surface area (Å²) in [7, 11) is 2.05. The predicted molar refractivity (Wildman–Crippen MR) is 161 cm³/mol. The summed E-state index contributed by atoms with van der Waals surface area (Å²) < 4.78 is 14.7. The quantitative estimate of drug-likeness (QED) is 0.292. The number of nitrogens with zero attached hydrogens (tertiary/aromatic N) is 3. The Bertz CT molecular complexity index is 1340. The molecular formula is C33H39N3OS. The Balaban J connectivity index is 0.000000155. The maximum atomic E-state index is 5.97. The van der Waals surface area contributed by atoms with Crippen molar-refractivity contribution in [2.24, 2.45) is 0 Å². The van der Waals surface area contributed by atoms with E-state index in [1.165, 1.54) is 90.1 Å². The summed E-state index contributed by atoms with van der Waals surface area (Å²) >= 11 is 1.22. The molecule has 0 radical (unpaired) electrons. The number of benzene rings is 2. The van der Waals surface area contributed by atoms with Gasteiger partial charge in [-0.15, -0.1) is 4.37 Å². The van der Waals surface area contributed by atoms with E-state index in [2.05, 4.69) is 95.4 Å². The molecule has 0 bridgehead atoms. The summed E-state index contributed by atoms with van der Waals surface area (Å²) in [5.74, 6) is 0.689. The van der Waals surface area contributed by atoms with Crippen LogP contribution in [0.4, 0.5) is 0 Å². The lowest BCUT2D eigenvalue weighted by molar-refractivity contribution is 0.199. The van der Waals surface area contributed by atoms with Gasteiger partial charge >= 0.3 is 0 Å². The second-order valence-corrected chi connectivity index (χ2v) is 11.1. The molecule has 2 aromatic carbocycles. The van der Waals surface area contributed by atoms with Gasteiger partial charge < -0.3 is 9.64 Å². The molecule has 0 saturated heterocycles. The molecule has 6 rings (SSSR count). The largest absolute Gasteiger partial charge is 0.472 e. The van der Waals surface area contributed by atoms with Gasteiger partial charge in [0.15, 0.2) is 0 Å². The van der Waals surface area contributed by atoms with Crippen molar-refractivity contribution < 1.29 is 4.74 Å². The molecule has 1 unspecified atom stereocenters. The zero-order valence-corrected chi connectivity index (χ0v) is 23.8. The zero-order chi connectivity index (χ0) is 26.3. The second-order valence-electron chi connectivity index (χ2n) is 10.6. The maximum absolute atomic E-state index is 5.97. The van der Waals surface area contributed by atoms with Gasteiger partial charge in [0.25, 0.3) is 5.88 Å². The standard InChI is InChI=1S/C18H16.C15H23N3OS/c1-3-7-15-13(5-1)9-11-18-16-8-4-2-6-14(16)10-12-17(15)18;1-4-5-6-8-12(2)19-15-14(16-20-17-15)13-9-7-10-18(3)11-13/h1,3-5,7-8,10,12H,2,6,9,11H2;7,9-10,12H,4-6,8,11H2,1-3H3. The van der Waals surface area contributed by atoms with Crippen LogP contribution in [0.25, 0.3) is 22.8 Å². The highest BCUT2D eigenvalue weighted by Gasteiger charge is 2.20. The average Bonchev–Trinajstić information content (AvgIpc) is 3.41. The normalized spacial score (nSPS) is 16.0. The van der Waals surface area contributed by atoms with E-state index in [1.54, 1.807) is 5.56 Å². The number of allylic oxidation sites excluding steroid dienone is 3. The lowest BCUT2D eigenvalue weighted by Gasteiger charge is -2.24. The van der Waals surface area contributed by atoms with Crippen LogP contribution in [0.3, 0.4) is 0 Å². The fraction of sp³-hybridized carbons (Fsp3) is 0.394. The Labute approximate surface area is 232 Å². The third-order valence-corrected chi connectivity index (χ3v) is 8.12. The van der Waals surface area contributed by atoms with Gasteiger partial charge in [0.05, 0.1) is 17.8 Å². The Morgan fingerprint density at radius 2 is 1.89 bits per heavy atom. The molecule has 0 spiro atoms. The van der Waals surface area contributed by atoms with Crippen LogP contribution >= 0.6 is 11.7 Å². The van der Waals surface area contributed by atoms with E-state index in [0.29, 0.717) is 5.88 Å². The van der Waals surface area contributed by atoms with Crippen LogP contribution in [0.1, 0.15) is 73.9 Å². The minimum atomic E-state index is 0.196. The van der Waals surface area contributed by atoms with Gasteiger partial charge in [0.2, 0.25) is 0 Å². The summed E-state index contributed by atoms with van der Waals surface area (Å²) in [5, 5.41) is 0. The zero-order valence-electron chi connectivity index (χ0n) is 23.0. The van der Waals surface area contributed by atoms with Gasteiger partial charge in [-0.05, 0) is 91.1 Å². The summed E-state index contributed by atoms with van der Waals surface area (Å²) in [5.41, 5.74) is 11.1. The van der Waals surface area contributed by atoms with Crippen molar-refractivity contribution in [1.82, 2.24) is 13.6 Å². The predicted octanol–water partition coefficient (Wildman–Crippen LogP) is 8.14. The number of aryl methyl sites for hydroxylation is 2. The van der Waals surface area contributed by atoms with Crippen molar-refractivity contribution in [3.63, 3.8) is 0 Å². The molecule has 0 saturated carbocycles. The van der Waals surface area contributed by atoms with Crippen LogP contribution in [0.2, 0.25) is 0 Å². The first-order valence-corrected chi connectivity index (χ1v) is 14.8. The van der Waals surface area contributed by atoms with Crippen molar-refractivity contribution in [1.29, 1.82) is 0 Å². The lowest BCUT2D eigenvalue weighted by Crippen LogP contribution is -2.17. The number of aromatic nitrogens is 2. The third kappa shape index (κ3) is 6.10. The fourth-order valence-electron chi connectivity index (χ4n) is 5.58. The molecule has 1 atom stereocenters. The molecule has 2 aliphatic carbocycles. The van der Waals surface area contributed by atoms with E-state index >= 15 is 0 Å². The third-order valence-electron chi connectivity index (χ3n) is 7.61. The molecule has 3 aliphatic rings. The van der Waals surface area contributed by atoms with Crippen molar-refractivity contribution in [2.45, 2.75) is 71.3 Å². The SMILES string of the molecule is C1=Cc2c(ccc3c2CCc2ccccc2-3)CC1.CCCCCC(C)Oc1nsnc1C1=CC=CN(C)C1. The monoisotopic (exact) mass is 525 g/mol. The van der Waals surface area contributed by atoms with Gasteiger partial charge in [-0.25, -0.2) is 0 Å². The first kappa shape index (κ1) is 26.4. The number of unbranched alkanes of at least 4 members (excludes halogenated alkanes) is 2. The van der Waals surface area contributed by atoms with E-state index in [4.69, 9.17) is 4.74 Å². The Morgan fingerprint density at radius 1 is 1.00 bits per heavy atom. The van der Waals surface area contributed by atoms with Crippen molar-refractivity contribution in [2.75, 3.05) is 13.6 Å². The van der Waals surface area contributed by atoms with Crippen LogP contribution in [-0.4, -0.2) is 33.3 Å². The number of rotatable bonds is 7. The van der Waals surface area contributed by atoms with Crippen LogP contribution in [0.15, 0.2) is 60.8 Å². The summed E-state index contributed by atoms with van der Waals surface area (Å²) in [6.07, 6.45) is 20.6. The lowest BCUT2D eigenvalue weighted by atomic mass is 9.80.